The van der Waals surface area contributed by atoms with Gasteiger partial charge in [-0.15, -0.1) is 0 Å². The van der Waals surface area contributed by atoms with Crippen LogP contribution in [0.3, 0.4) is 0 Å². The van der Waals surface area contributed by atoms with Gasteiger partial charge in [-0.3, -0.25) is 4.98 Å². The smallest absolute Gasteiger partial charge is 0.146 e. The first kappa shape index (κ1) is 15.4. The highest BCUT2D eigenvalue weighted by molar-refractivity contribution is 5.62. The number of halogens is 1. The van der Waals surface area contributed by atoms with Crippen LogP contribution < -0.4 is 10.2 Å². The molecule has 2 rings (SSSR count). The molecule has 0 amide bonds. The molecule has 0 saturated carbocycles. The van der Waals surface area contributed by atoms with E-state index in [-0.39, 0.29) is 11.9 Å². The Morgan fingerprint density at radius 1 is 1.19 bits per heavy atom. The number of benzene rings is 1. The Morgan fingerprint density at radius 3 is 2.52 bits per heavy atom. The fourth-order valence-corrected chi connectivity index (χ4v) is 2.37. The average molecular weight is 287 g/mol. The number of nitrogens with zero attached hydrogens (tertiary/aromatic N) is 2. The topological polar surface area (TPSA) is 28.2 Å². The van der Waals surface area contributed by atoms with E-state index in [9.17, 15) is 4.39 Å². The molecule has 1 heterocycles. The van der Waals surface area contributed by atoms with Crippen LogP contribution in [0.2, 0.25) is 0 Å². The summed E-state index contributed by atoms with van der Waals surface area (Å²) in [5.41, 5.74) is 2.44. The Morgan fingerprint density at radius 2 is 1.95 bits per heavy atom. The van der Waals surface area contributed by atoms with Crippen LogP contribution >= 0.6 is 0 Å². The van der Waals surface area contributed by atoms with Gasteiger partial charge in [0.2, 0.25) is 0 Å². The van der Waals surface area contributed by atoms with E-state index in [1.54, 1.807) is 23.2 Å². The number of para-hydroxylation sites is 1. The molecule has 0 aliphatic carbocycles. The van der Waals surface area contributed by atoms with Gasteiger partial charge >= 0.3 is 0 Å². The average Bonchev–Trinajstić information content (AvgIpc) is 2.52. The van der Waals surface area contributed by atoms with Gasteiger partial charge in [0.05, 0.1) is 23.3 Å². The summed E-state index contributed by atoms with van der Waals surface area (Å²) in [6.07, 6.45) is 2.78. The van der Waals surface area contributed by atoms with E-state index < -0.39 is 0 Å². The summed E-state index contributed by atoms with van der Waals surface area (Å²) in [5, 5.41) is 3.40. The van der Waals surface area contributed by atoms with Crippen LogP contribution in [0, 0.1) is 5.82 Å². The maximum atomic E-state index is 13.8. The minimum Gasteiger partial charge on any atom is -0.341 e. The summed E-state index contributed by atoms with van der Waals surface area (Å²) in [7, 11) is 1.84. The minimum absolute atomic E-state index is 0.233. The van der Waals surface area contributed by atoms with Gasteiger partial charge in [-0.25, -0.2) is 4.39 Å². The number of hydrogen-bond donors (Lipinski definition) is 1. The molecule has 21 heavy (non-hydrogen) atoms. The van der Waals surface area contributed by atoms with Crippen molar-refractivity contribution >= 4 is 11.4 Å². The maximum absolute atomic E-state index is 13.8. The molecule has 0 spiro atoms. The Hall–Kier alpha value is -1.94. The monoisotopic (exact) mass is 287 g/mol. The second-order valence-electron chi connectivity index (χ2n) is 4.97. The van der Waals surface area contributed by atoms with E-state index in [0.717, 1.165) is 24.3 Å². The first-order valence-electron chi connectivity index (χ1n) is 7.35. The summed E-state index contributed by atoms with van der Waals surface area (Å²) >= 11 is 0. The second kappa shape index (κ2) is 7.18. The third-order valence-corrected chi connectivity index (χ3v) is 3.59. The number of aromatic nitrogens is 1. The number of rotatable bonds is 6. The van der Waals surface area contributed by atoms with Gasteiger partial charge in [-0.05, 0) is 37.2 Å². The van der Waals surface area contributed by atoms with Gasteiger partial charge in [0, 0.05) is 13.1 Å². The van der Waals surface area contributed by atoms with Crippen molar-refractivity contribution in [2.45, 2.75) is 26.3 Å². The normalized spacial score (nSPS) is 12.2. The number of hydrogen-bond acceptors (Lipinski definition) is 3. The van der Waals surface area contributed by atoms with Crippen LogP contribution in [-0.4, -0.2) is 18.6 Å². The fraction of sp³-hybridized carbons (Fsp3) is 0.353. The lowest BCUT2D eigenvalue weighted by Gasteiger charge is -2.21. The zero-order chi connectivity index (χ0) is 15.2. The quantitative estimate of drug-likeness (QED) is 0.868. The second-order valence-corrected chi connectivity index (χ2v) is 4.97. The van der Waals surface area contributed by atoms with Gasteiger partial charge in [0.25, 0.3) is 0 Å². The lowest BCUT2D eigenvalue weighted by atomic mass is 10.1. The van der Waals surface area contributed by atoms with E-state index in [1.165, 1.54) is 6.07 Å². The zero-order valence-corrected chi connectivity index (χ0v) is 12.8. The number of nitrogens with one attached hydrogen (secondary N) is 1. The zero-order valence-electron chi connectivity index (χ0n) is 12.8. The highest BCUT2D eigenvalue weighted by atomic mass is 19.1. The molecule has 1 atom stereocenters. The molecule has 4 heteroatoms. The molecule has 0 aliphatic heterocycles. The summed E-state index contributed by atoms with van der Waals surface area (Å²) in [6, 6.07) is 11.0. The number of anilines is 2. The van der Waals surface area contributed by atoms with Gasteiger partial charge < -0.3 is 10.2 Å². The van der Waals surface area contributed by atoms with Crippen molar-refractivity contribution in [3.05, 3.63) is 54.1 Å². The molecule has 2 aromatic rings. The maximum Gasteiger partial charge on any atom is 0.146 e. The molecular weight excluding hydrogens is 265 g/mol. The Balaban J connectivity index is 2.20. The lowest BCUT2D eigenvalue weighted by Crippen LogP contribution is -2.21. The molecule has 1 N–H and O–H groups in total. The highest BCUT2D eigenvalue weighted by Gasteiger charge is 2.12. The van der Waals surface area contributed by atoms with E-state index in [0.29, 0.717) is 5.69 Å². The van der Waals surface area contributed by atoms with E-state index in [4.69, 9.17) is 0 Å². The predicted octanol–water partition coefficient (Wildman–Crippen LogP) is 4.05. The van der Waals surface area contributed by atoms with Crippen LogP contribution in [0.1, 0.15) is 32.0 Å². The lowest BCUT2D eigenvalue weighted by molar-refractivity contribution is 0.525. The Kier molecular flexibility index (Phi) is 5.28. The standard InChI is InChI=1S/C17H22FN3/c1-4-15(19-5-2)16-11-10-13(12-20-16)21(3)17-9-7-6-8-14(17)18/h6-12,15,19H,4-5H2,1-3H3. The van der Waals surface area contributed by atoms with Gasteiger partial charge in [0.1, 0.15) is 5.82 Å². The first-order valence-corrected chi connectivity index (χ1v) is 7.35. The van der Waals surface area contributed by atoms with Crippen LogP contribution in [0.5, 0.6) is 0 Å². The molecule has 1 aromatic heterocycles. The van der Waals surface area contributed by atoms with Crippen molar-refractivity contribution in [2.75, 3.05) is 18.5 Å². The van der Waals surface area contributed by atoms with Gasteiger partial charge in [-0.1, -0.05) is 26.0 Å². The summed E-state index contributed by atoms with van der Waals surface area (Å²) < 4.78 is 13.8. The van der Waals surface area contributed by atoms with Crippen LogP contribution in [0.25, 0.3) is 0 Å². The van der Waals surface area contributed by atoms with Crippen molar-refractivity contribution in [1.29, 1.82) is 0 Å². The molecule has 112 valence electrons. The van der Waals surface area contributed by atoms with Gasteiger partial charge in [0.15, 0.2) is 0 Å². The molecule has 1 unspecified atom stereocenters. The van der Waals surface area contributed by atoms with Crippen LogP contribution in [0.15, 0.2) is 42.6 Å². The Bertz CT molecular complexity index is 569. The van der Waals surface area contributed by atoms with E-state index in [2.05, 4.69) is 24.1 Å². The van der Waals surface area contributed by atoms with Crippen LogP contribution in [0.4, 0.5) is 15.8 Å². The van der Waals surface area contributed by atoms with Crippen molar-refractivity contribution in [1.82, 2.24) is 10.3 Å². The third kappa shape index (κ3) is 3.58. The molecular formula is C17H22FN3. The van der Waals surface area contributed by atoms with Gasteiger partial charge in [-0.2, -0.15) is 0 Å². The summed E-state index contributed by atoms with van der Waals surface area (Å²) in [6.45, 7) is 5.13. The summed E-state index contributed by atoms with van der Waals surface area (Å²) in [5.74, 6) is -0.233. The molecule has 0 saturated heterocycles. The highest BCUT2D eigenvalue weighted by Crippen LogP contribution is 2.26. The molecule has 0 radical (unpaired) electrons. The third-order valence-electron chi connectivity index (χ3n) is 3.59. The molecule has 3 nitrogen and oxygen atoms in total. The molecule has 1 aromatic carbocycles. The van der Waals surface area contributed by atoms with Crippen LogP contribution in [-0.2, 0) is 0 Å². The van der Waals surface area contributed by atoms with Crippen molar-refractivity contribution in [2.24, 2.45) is 0 Å². The predicted molar refractivity (Wildman–Crippen MR) is 85.4 cm³/mol. The molecule has 0 fully saturated rings. The summed E-state index contributed by atoms with van der Waals surface area (Å²) in [4.78, 5) is 6.32. The Labute approximate surface area is 125 Å². The number of pyridine rings is 1. The van der Waals surface area contributed by atoms with Crippen molar-refractivity contribution in [3.63, 3.8) is 0 Å². The first-order chi connectivity index (χ1) is 10.2. The molecule has 0 bridgehead atoms. The van der Waals surface area contributed by atoms with Crippen molar-refractivity contribution in [3.8, 4) is 0 Å². The fourth-order valence-electron chi connectivity index (χ4n) is 2.37. The van der Waals surface area contributed by atoms with Crippen molar-refractivity contribution < 1.29 is 4.39 Å². The minimum atomic E-state index is -0.233. The largest absolute Gasteiger partial charge is 0.341 e. The molecule has 0 aliphatic rings. The SMILES string of the molecule is CCNC(CC)c1ccc(N(C)c2ccccc2F)cn1. The van der Waals surface area contributed by atoms with E-state index in [1.807, 2.05) is 25.2 Å². The van der Waals surface area contributed by atoms with E-state index >= 15 is 0 Å².